The quantitative estimate of drug-likeness (QED) is 0.512. The molecule has 0 spiro atoms. The highest BCUT2D eigenvalue weighted by atomic mass is 79.9. The molecule has 1 aromatic heterocycles. The molecule has 1 atom stereocenters. The van der Waals surface area contributed by atoms with E-state index in [4.69, 9.17) is 14.2 Å². The Hall–Kier alpha value is -2.23. The Bertz CT molecular complexity index is 943. The molecule has 0 bridgehead atoms. The summed E-state index contributed by atoms with van der Waals surface area (Å²) in [6.07, 6.45) is -6.29. The molecule has 1 amide bonds. The van der Waals surface area contributed by atoms with Gasteiger partial charge in [0.15, 0.2) is 0 Å². The molecule has 172 valence electrons. The molecule has 0 saturated heterocycles. The van der Waals surface area contributed by atoms with Gasteiger partial charge in [0.2, 0.25) is 5.88 Å². The Kier molecular flexibility index (Phi) is 7.67. The zero-order valence-electron chi connectivity index (χ0n) is 18.2. The monoisotopic (exact) mass is 506 g/mol. The summed E-state index contributed by atoms with van der Waals surface area (Å²) in [4.78, 5) is 16.0. The van der Waals surface area contributed by atoms with Crippen LogP contribution in [-0.4, -0.2) is 35.4 Å². The number of amides is 1. The molecule has 0 unspecified atom stereocenters. The van der Waals surface area contributed by atoms with Crippen molar-refractivity contribution >= 4 is 32.9 Å². The van der Waals surface area contributed by atoms with Crippen LogP contribution in [0.1, 0.15) is 47.1 Å². The number of alkyl halides is 3. The van der Waals surface area contributed by atoms with E-state index in [-0.39, 0.29) is 35.2 Å². The first kappa shape index (κ1) is 25.0. The predicted molar refractivity (Wildman–Crippen MR) is 115 cm³/mol. The van der Waals surface area contributed by atoms with Crippen LogP contribution < -0.4 is 14.8 Å². The average Bonchev–Trinajstić information content (AvgIpc) is 2.59. The van der Waals surface area contributed by atoms with Crippen LogP contribution in [0.5, 0.6) is 11.6 Å². The van der Waals surface area contributed by atoms with Gasteiger partial charge in [-0.1, -0.05) is 0 Å². The molecular weight excluding hydrogens is 481 g/mol. The van der Waals surface area contributed by atoms with Crippen LogP contribution in [0.15, 0.2) is 22.7 Å². The van der Waals surface area contributed by atoms with Crippen molar-refractivity contribution < 1.29 is 32.2 Å². The maximum atomic E-state index is 13.9. The van der Waals surface area contributed by atoms with Gasteiger partial charge >= 0.3 is 12.3 Å². The first-order chi connectivity index (χ1) is 14.2. The highest BCUT2D eigenvalue weighted by Gasteiger charge is 2.36. The largest absolute Gasteiger partial charge is 0.487 e. The van der Waals surface area contributed by atoms with Gasteiger partial charge in [-0.25, -0.2) is 9.78 Å². The maximum Gasteiger partial charge on any atom is 0.417 e. The molecule has 1 heterocycles. The Morgan fingerprint density at radius 3 is 2.35 bits per heavy atom. The minimum Gasteiger partial charge on any atom is -0.487 e. The fraction of sp³-hybridized carbons (Fsp3) is 0.524. The number of ether oxygens (including phenoxy) is 3. The molecule has 0 aliphatic rings. The van der Waals surface area contributed by atoms with Crippen molar-refractivity contribution in [2.75, 3.05) is 6.54 Å². The summed E-state index contributed by atoms with van der Waals surface area (Å²) in [6.45, 7) is 10.2. The number of carbonyl (C=O) groups is 1. The molecule has 31 heavy (non-hydrogen) atoms. The van der Waals surface area contributed by atoms with E-state index in [2.05, 4.69) is 26.2 Å². The summed E-state index contributed by atoms with van der Waals surface area (Å²) < 4.78 is 58.3. The zero-order valence-corrected chi connectivity index (χ0v) is 19.8. The summed E-state index contributed by atoms with van der Waals surface area (Å²) in [7, 11) is 0. The molecule has 0 saturated carbocycles. The van der Waals surface area contributed by atoms with Crippen LogP contribution in [-0.2, 0) is 10.9 Å². The Labute approximate surface area is 187 Å². The summed E-state index contributed by atoms with van der Waals surface area (Å²) in [5.41, 5.74) is -1.51. The van der Waals surface area contributed by atoms with Gasteiger partial charge in [-0.3, -0.25) is 0 Å². The van der Waals surface area contributed by atoms with Gasteiger partial charge < -0.3 is 19.5 Å². The van der Waals surface area contributed by atoms with Crippen molar-refractivity contribution in [3.05, 3.63) is 28.2 Å². The highest BCUT2D eigenvalue weighted by molar-refractivity contribution is 9.10. The van der Waals surface area contributed by atoms with Crippen LogP contribution in [0, 0.1) is 0 Å². The lowest BCUT2D eigenvalue weighted by Crippen LogP contribution is -2.37. The molecule has 2 rings (SSSR count). The summed E-state index contributed by atoms with van der Waals surface area (Å²) in [6, 6.07) is 3.88. The fourth-order valence-electron chi connectivity index (χ4n) is 2.67. The van der Waals surface area contributed by atoms with Crippen molar-refractivity contribution in [1.29, 1.82) is 0 Å². The predicted octanol–water partition coefficient (Wildman–Crippen LogP) is 6.10. The molecule has 0 radical (unpaired) electrons. The van der Waals surface area contributed by atoms with Crippen molar-refractivity contribution in [1.82, 2.24) is 10.3 Å². The highest BCUT2D eigenvalue weighted by Crippen LogP contribution is 2.43. The lowest BCUT2D eigenvalue weighted by Gasteiger charge is -2.22. The SMILES string of the molecule is CC(C)Oc1cc(C(F)(F)F)c2c(O[C@H](C)CNC(=O)OC(C)(C)C)c(Br)ccc2n1. The molecular formula is C21H26BrF3N2O4. The van der Waals surface area contributed by atoms with Gasteiger partial charge in [-0.15, -0.1) is 0 Å². The number of carbonyl (C=O) groups excluding carboxylic acids is 1. The van der Waals surface area contributed by atoms with Crippen LogP contribution in [0.25, 0.3) is 10.9 Å². The Balaban J connectivity index is 2.38. The second-order valence-electron chi connectivity index (χ2n) is 8.25. The number of rotatable bonds is 6. The van der Waals surface area contributed by atoms with E-state index < -0.39 is 29.5 Å². The average molecular weight is 507 g/mol. The Morgan fingerprint density at radius 2 is 1.81 bits per heavy atom. The third-order valence-corrected chi connectivity index (χ3v) is 4.39. The number of pyridine rings is 1. The molecule has 1 aromatic carbocycles. The number of nitrogens with zero attached hydrogens (tertiary/aromatic N) is 1. The van der Waals surface area contributed by atoms with Gasteiger partial charge in [0.05, 0.1) is 33.6 Å². The van der Waals surface area contributed by atoms with Gasteiger partial charge in [-0.2, -0.15) is 13.2 Å². The minimum atomic E-state index is -4.66. The van der Waals surface area contributed by atoms with E-state index in [1.165, 1.54) is 6.07 Å². The Morgan fingerprint density at radius 1 is 1.16 bits per heavy atom. The van der Waals surface area contributed by atoms with E-state index in [1.54, 1.807) is 47.6 Å². The van der Waals surface area contributed by atoms with Gasteiger partial charge in [0.25, 0.3) is 0 Å². The van der Waals surface area contributed by atoms with Crippen LogP contribution in [0.3, 0.4) is 0 Å². The first-order valence-corrected chi connectivity index (χ1v) is 10.5. The van der Waals surface area contributed by atoms with Crippen molar-refractivity contribution in [3.8, 4) is 11.6 Å². The lowest BCUT2D eigenvalue weighted by molar-refractivity contribution is -0.136. The van der Waals surface area contributed by atoms with Gasteiger partial charge in [0.1, 0.15) is 17.5 Å². The van der Waals surface area contributed by atoms with Crippen LogP contribution in [0.2, 0.25) is 0 Å². The molecule has 10 heteroatoms. The number of alkyl carbamates (subject to hydrolysis) is 1. The van der Waals surface area contributed by atoms with Crippen LogP contribution >= 0.6 is 15.9 Å². The number of hydrogen-bond acceptors (Lipinski definition) is 5. The second kappa shape index (κ2) is 9.50. The number of halogens is 4. The number of hydrogen-bond donors (Lipinski definition) is 1. The second-order valence-corrected chi connectivity index (χ2v) is 9.11. The standard InChI is InChI=1S/C21H26BrF3N2O4/c1-11(2)29-16-9-13(21(23,24)25)17-15(27-16)8-7-14(22)18(17)30-12(3)10-26-19(28)31-20(4,5)6/h7-9,11-12H,10H2,1-6H3,(H,26,28)/t12-/m1/s1. The number of benzene rings is 1. The zero-order chi connectivity index (χ0) is 23.6. The number of nitrogens with one attached hydrogen (secondary N) is 1. The summed E-state index contributed by atoms with van der Waals surface area (Å²) >= 11 is 3.26. The number of aromatic nitrogens is 1. The van der Waals surface area contributed by atoms with Gasteiger partial charge in [0, 0.05) is 6.07 Å². The fourth-order valence-corrected chi connectivity index (χ4v) is 3.10. The van der Waals surface area contributed by atoms with Crippen molar-refractivity contribution in [3.63, 3.8) is 0 Å². The normalized spacial score (nSPS) is 13.3. The van der Waals surface area contributed by atoms with Crippen molar-refractivity contribution in [2.45, 2.75) is 65.5 Å². The third-order valence-electron chi connectivity index (χ3n) is 3.77. The summed E-state index contributed by atoms with van der Waals surface area (Å²) in [5, 5.41) is 2.35. The van der Waals surface area contributed by atoms with Crippen LogP contribution in [0.4, 0.5) is 18.0 Å². The first-order valence-electron chi connectivity index (χ1n) is 9.68. The molecule has 0 aliphatic carbocycles. The topological polar surface area (TPSA) is 69.7 Å². The molecule has 0 fully saturated rings. The van der Waals surface area contributed by atoms with E-state index in [0.717, 1.165) is 6.07 Å². The number of fused-ring (bicyclic) bond motifs is 1. The summed E-state index contributed by atoms with van der Waals surface area (Å²) in [5.74, 6) is -0.144. The van der Waals surface area contributed by atoms with E-state index in [0.29, 0.717) is 4.47 Å². The van der Waals surface area contributed by atoms with E-state index in [9.17, 15) is 18.0 Å². The smallest absolute Gasteiger partial charge is 0.417 e. The molecule has 1 N–H and O–H groups in total. The maximum absolute atomic E-state index is 13.9. The van der Waals surface area contributed by atoms with Crippen molar-refractivity contribution in [2.24, 2.45) is 0 Å². The van der Waals surface area contributed by atoms with E-state index in [1.807, 2.05) is 0 Å². The van der Waals surface area contributed by atoms with Gasteiger partial charge in [-0.05, 0) is 69.6 Å². The molecule has 6 nitrogen and oxygen atoms in total. The molecule has 2 aromatic rings. The third kappa shape index (κ3) is 7.15. The minimum absolute atomic E-state index is 0.0214. The molecule has 0 aliphatic heterocycles. The van der Waals surface area contributed by atoms with E-state index >= 15 is 0 Å². The lowest BCUT2D eigenvalue weighted by atomic mass is 10.1.